The molecule has 0 unspecified atom stereocenters. The van der Waals surface area contributed by atoms with Crippen molar-refractivity contribution in [1.82, 2.24) is 30.3 Å². The summed E-state index contributed by atoms with van der Waals surface area (Å²) in [5.41, 5.74) is 5.28. The van der Waals surface area contributed by atoms with Crippen LogP contribution in [0, 0.1) is 0 Å². The van der Waals surface area contributed by atoms with E-state index in [2.05, 4.69) is 26.5 Å². The van der Waals surface area contributed by atoms with Gasteiger partial charge >= 0.3 is 11.7 Å². The Morgan fingerprint density at radius 3 is 2.57 bits per heavy atom. The lowest BCUT2D eigenvalue weighted by molar-refractivity contribution is -0.750. The molecule has 110 valence electrons. The number of carbonyl (C=O) groups excluding carboxylic acids is 1. The van der Waals surface area contributed by atoms with E-state index in [0.29, 0.717) is 11.7 Å². The van der Waals surface area contributed by atoms with Gasteiger partial charge in [0.1, 0.15) is 14.1 Å². The maximum absolute atomic E-state index is 11.5. The van der Waals surface area contributed by atoms with E-state index < -0.39 is 0 Å². The highest BCUT2D eigenvalue weighted by Crippen LogP contribution is 1.99. The van der Waals surface area contributed by atoms with E-state index in [4.69, 9.17) is 0 Å². The van der Waals surface area contributed by atoms with Crippen LogP contribution in [0.5, 0.6) is 0 Å². The summed E-state index contributed by atoms with van der Waals surface area (Å²) in [7, 11) is 6.20. The first-order valence-electron chi connectivity index (χ1n) is 5.99. The van der Waals surface area contributed by atoms with Gasteiger partial charge in [0.15, 0.2) is 5.84 Å². The summed E-state index contributed by atoms with van der Waals surface area (Å²) in [6.45, 7) is 0. The summed E-state index contributed by atoms with van der Waals surface area (Å²) in [4.78, 5) is 22.9. The highest BCUT2D eigenvalue weighted by molar-refractivity contribution is 5.96. The fourth-order valence-electron chi connectivity index (χ4n) is 1.60. The maximum Gasteiger partial charge on any atom is 0.539 e. The topological polar surface area (TPSA) is 99.6 Å². The van der Waals surface area contributed by atoms with E-state index >= 15 is 0 Å². The number of hydrazone groups is 1. The van der Waals surface area contributed by atoms with E-state index in [-0.39, 0.29) is 11.7 Å². The normalized spacial score (nSPS) is 14.3. The molecule has 0 aromatic carbocycles. The van der Waals surface area contributed by atoms with Crippen LogP contribution in [0.1, 0.15) is 5.82 Å². The number of aryl methyl sites for hydroxylation is 2. The minimum Gasteiger partial charge on any atom is -0.276 e. The molecule has 1 aliphatic heterocycles. The molecule has 1 N–H and O–H groups in total. The average molecular weight is 291 g/mol. The number of amides is 2. The first kappa shape index (κ1) is 14.4. The first-order valence-corrected chi connectivity index (χ1v) is 5.99. The number of aromatic nitrogens is 4. The van der Waals surface area contributed by atoms with Crippen LogP contribution in [0.4, 0.5) is 4.79 Å². The van der Waals surface area contributed by atoms with Gasteiger partial charge in [-0.05, 0) is 0 Å². The Morgan fingerprint density at radius 1 is 1.24 bits per heavy atom. The molecule has 0 aliphatic carbocycles. The van der Waals surface area contributed by atoms with Crippen LogP contribution in [-0.4, -0.2) is 50.9 Å². The first-order chi connectivity index (χ1) is 9.88. The second-order valence-electron chi connectivity index (χ2n) is 4.31. The molecule has 1 aromatic heterocycles. The smallest absolute Gasteiger partial charge is 0.276 e. The van der Waals surface area contributed by atoms with Gasteiger partial charge in [0.05, 0.1) is 0 Å². The van der Waals surface area contributed by atoms with Gasteiger partial charge in [-0.2, -0.15) is 4.79 Å². The average Bonchev–Trinajstić information content (AvgIpc) is 2.42. The summed E-state index contributed by atoms with van der Waals surface area (Å²) in [6, 6.07) is -0.274. The van der Waals surface area contributed by atoms with E-state index in [0.717, 1.165) is 0 Å². The van der Waals surface area contributed by atoms with Gasteiger partial charge in [-0.25, -0.2) is 14.8 Å². The SMILES string of the molecule is CN1N=C(C=C=Cc2nn(C)c(=O)[n+](C)n2)NN(C)C1=O. The monoisotopic (exact) mass is 291 g/mol. The van der Waals surface area contributed by atoms with Crippen LogP contribution in [0.3, 0.4) is 0 Å². The number of carbonyl (C=O) groups is 1. The Labute approximate surface area is 120 Å². The minimum atomic E-state index is -0.323. The lowest BCUT2D eigenvalue weighted by atomic mass is 10.5. The molecule has 21 heavy (non-hydrogen) atoms. The number of hydrazine groups is 1. The number of nitrogens with zero attached hydrogens (tertiary/aromatic N) is 7. The lowest BCUT2D eigenvalue weighted by Crippen LogP contribution is -2.55. The molecule has 0 saturated carbocycles. The molecule has 0 radical (unpaired) electrons. The van der Waals surface area contributed by atoms with Crippen molar-refractivity contribution >= 4 is 17.9 Å². The van der Waals surface area contributed by atoms with Gasteiger partial charge in [0, 0.05) is 26.2 Å². The molecule has 10 nitrogen and oxygen atoms in total. The quantitative estimate of drug-likeness (QED) is 0.501. The van der Waals surface area contributed by atoms with Crippen molar-refractivity contribution in [2.45, 2.75) is 0 Å². The number of hydrogen-bond donors (Lipinski definition) is 1. The molecular weight excluding hydrogens is 276 g/mol. The van der Waals surface area contributed by atoms with Crippen LogP contribution in [0.2, 0.25) is 0 Å². The van der Waals surface area contributed by atoms with Crippen LogP contribution >= 0.6 is 0 Å². The molecular formula is C11H15N8O2+. The zero-order valence-electron chi connectivity index (χ0n) is 12.1. The Balaban J connectivity index is 2.24. The van der Waals surface area contributed by atoms with Gasteiger partial charge < -0.3 is 0 Å². The van der Waals surface area contributed by atoms with Gasteiger partial charge in [-0.15, -0.1) is 10.8 Å². The maximum atomic E-state index is 11.5. The van der Waals surface area contributed by atoms with Gasteiger partial charge in [0.2, 0.25) is 5.82 Å². The summed E-state index contributed by atoms with van der Waals surface area (Å²) in [5, 5.41) is 14.4. The van der Waals surface area contributed by atoms with Crippen molar-refractivity contribution in [2.24, 2.45) is 19.2 Å². The Bertz CT molecular complexity index is 702. The second-order valence-corrected chi connectivity index (χ2v) is 4.31. The fraction of sp³-hybridized carbons (Fsp3) is 0.364. The summed E-state index contributed by atoms with van der Waals surface area (Å²) in [5.74, 6) is 0.759. The zero-order chi connectivity index (χ0) is 15.6. The molecule has 10 heteroatoms. The van der Waals surface area contributed by atoms with E-state index in [9.17, 15) is 9.59 Å². The number of rotatable bonds is 2. The largest absolute Gasteiger partial charge is 0.539 e. The van der Waals surface area contributed by atoms with Gasteiger partial charge in [-0.3, -0.25) is 5.43 Å². The summed E-state index contributed by atoms with van der Waals surface area (Å²) in [6.07, 6.45) is 3.04. The predicted molar refractivity (Wildman–Crippen MR) is 72.5 cm³/mol. The Morgan fingerprint density at radius 2 is 1.95 bits per heavy atom. The lowest BCUT2D eigenvalue weighted by Gasteiger charge is -2.27. The second kappa shape index (κ2) is 5.55. The van der Waals surface area contributed by atoms with Crippen molar-refractivity contribution in [2.75, 3.05) is 14.1 Å². The van der Waals surface area contributed by atoms with Gasteiger partial charge in [0.25, 0.3) is 0 Å². The number of amidine groups is 1. The molecule has 0 bridgehead atoms. The van der Waals surface area contributed by atoms with Crippen LogP contribution in [0.15, 0.2) is 21.7 Å². The molecule has 2 heterocycles. The molecule has 2 amide bonds. The van der Waals surface area contributed by atoms with E-state index in [1.54, 1.807) is 14.1 Å². The third kappa shape index (κ3) is 3.12. The van der Waals surface area contributed by atoms with E-state index in [1.807, 2.05) is 0 Å². The van der Waals surface area contributed by atoms with Crippen molar-refractivity contribution in [1.29, 1.82) is 0 Å². The standard InChI is InChI=1S/C11H15N8O2/c1-16-10(20)17(2)13-8(12-16)6-5-7-9-14-18(3)11(21)19(4)15-9/h6-7H,1-4H3,(H,12,13)/q+1. The molecule has 2 rings (SSSR count). The fourth-order valence-corrected chi connectivity index (χ4v) is 1.60. The zero-order valence-corrected chi connectivity index (χ0v) is 12.1. The highest BCUT2D eigenvalue weighted by Gasteiger charge is 2.19. The van der Waals surface area contributed by atoms with Crippen LogP contribution < -0.4 is 15.8 Å². The third-order valence-electron chi connectivity index (χ3n) is 2.59. The van der Waals surface area contributed by atoms with Crippen LogP contribution in [0.25, 0.3) is 6.08 Å². The van der Waals surface area contributed by atoms with Crippen molar-refractivity contribution in [3.05, 3.63) is 28.1 Å². The minimum absolute atomic E-state index is 0.274. The molecule has 0 spiro atoms. The third-order valence-corrected chi connectivity index (χ3v) is 2.59. The Hall–Kier alpha value is -3.00. The van der Waals surface area contributed by atoms with Gasteiger partial charge in [-0.1, -0.05) is 19.6 Å². The molecule has 0 saturated heterocycles. The summed E-state index contributed by atoms with van der Waals surface area (Å²) >= 11 is 0. The molecule has 1 aliphatic rings. The van der Waals surface area contributed by atoms with Crippen molar-refractivity contribution < 1.29 is 9.48 Å². The van der Waals surface area contributed by atoms with E-state index in [1.165, 1.54) is 45.6 Å². The van der Waals surface area contributed by atoms with Crippen molar-refractivity contribution in [3.8, 4) is 0 Å². The summed E-state index contributed by atoms with van der Waals surface area (Å²) < 4.78 is 2.36. The number of hydrogen-bond acceptors (Lipinski definition) is 6. The molecule has 0 fully saturated rings. The van der Waals surface area contributed by atoms with Crippen LogP contribution in [-0.2, 0) is 14.1 Å². The van der Waals surface area contributed by atoms with Crippen molar-refractivity contribution in [3.63, 3.8) is 0 Å². The molecule has 1 aromatic rings. The number of urea groups is 1. The molecule has 0 atom stereocenters. The predicted octanol–water partition coefficient (Wildman–Crippen LogP) is -2.02. The number of nitrogens with one attached hydrogen (secondary N) is 1. The highest BCUT2D eigenvalue weighted by atomic mass is 16.2. The Kier molecular flexibility index (Phi) is 3.81.